The molecule has 1 aliphatic heterocycles. The first-order valence-electron chi connectivity index (χ1n) is 9.02. The second kappa shape index (κ2) is 6.93. The molecule has 0 bridgehead atoms. The van der Waals surface area contributed by atoms with Crippen molar-refractivity contribution in [3.8, 4) is 11.4 Å². The highest BCUT2D eigenvalue weighted by Crippen LogP contribution is 2.40. The Hall–Kier alpha value is -2.64. The van der Waals surface area contributed by atoms with Crippen LogP contribution < -0.4 is 0 Å². The van der Waals surface area contributed by atoms with Crippen molar-refractivity contribution in [2.24, 2.45) is 5.92 Å². The maximum Gasteiger partial charge on any atom is 0.326 e. The lowest BCUT2D eigenvalue weighted by Gasteiger charge is -2.33. The molecule has 2 aliphatic rings. The molecular formula is C18H21N3O5. The Morgan fingerprint density at radius 1 is 1.31 bits per heavy atom. The van der Waals surface area contributed by atoms with Crippen LogP contribution in [0.1, 0.15) is 44.4 Å². The Morgan fingerprint density at radius 2 is 2.15 bits per heavy atom. The molecule has 1 saturated heterocycles. The van der Waals surface area contributed by atoms with Crippen LogP contribution in [0.15, 0.2) is 27.5 Å². The number of hydrogen-bond acceptors (Lipinski definition) is 6. The number of aliphatic carboxylic acids is 1. The van der Waals surface area contributed by atoms with Crippen LogP contribution in [0.5, 0.6) is 0 Å². The highest BCUT2D eigenvalue weighted by atomic mass is 16.5. The van der Waals surface area contributed by atoms with E-state index < -0.39 is 12.0 Å². The SMILES string of the molecule is O=C(O)[C@@H]1C[C@@H]2CCCC[C@H]2N1C(=O)CCc1nc(-c2ccoc2)no1. The summed E-state index contributed by atoms with van der Waals surface area (Å²) in [6, 6.07) is 1.08. The monoisotopic (exact) mass is 359 g/mol. The molecule has 2 fully saturated rings. The van der Waals surface area contributed by atoms with E-state index in [2.05, 4.69) is 10.1 Å². The van der Waals surface area contributed by atoms with Crippen LogP contribution >= 0.6 is 0 Å². The average Bonchev–Trinajstić information content (AvgIpc) is 3.37. The predicted molar refractivity (Wildman–Crippen MR) is 89.0 cm³/mol. The lowest BCUT2D eigenvalue weighted by atomic mass is 9.84. The first-order chi connectivity index (χ1) is 12.6. The Bertz CT molecular complexity index is 785. The summed E-state index contributed by atoms with van der Waals surface area (Å²) in [4.78, 5) is 30.3. The molecule has 0 unspecified atom stereocenters. The van der Waals surface area contributed by atoms with Crippen molar-refractivity contribution in [3.63, 3.8) is 0 Å². The minimum atomic E-state index is -0.909. The van der Waals surface area contributed by atoms with Crippen molar-refractivity contribution in [2.45, 2.75) is 57.0 Å². The molecule has 3 heterocycles. The minimum Gasteiger partial charge on any atom is -0.480 e. The number of carbonyl (C=O) groups excluding carboxylic acids is 1. The van der Waals surface area contributed by atoms with Crippen molar-refractivity contribution in [1.29, 1.82) is 0 Å². The number of hydrogen-bond donors (Lipinski definition) is 1. The van der Waals surface area contributed by atoms with E-state index in [1.54, 1.807) is 11.0 Å². The van der Waals surface area contributed by atoms with Crippen molar-refractivity contribution < 1.29 is 23.6 Å². The molecule has 2 aromatic rings. The van der Waals surface area contributed by atoms with E-state index in [0.717, 1.165) is 25.7 Å². The average molecular weight is 359 g/mol. The van der Waals surface area contributed by atoms with E-state index in [1.165, 1.54) is 12.5 Å². The summed E-state index contributed by atoms with van der Waals surface area (Å²) in [5.74, 6) is 0.0338. The van der Waals surface area contributed by atoms with Gasteiger partial charge >= 0.3 is 5.97 Å². The van der Waals surface area contributed by atoms with Gasteiger partial charge in [0, 0.05) is 18.9 Å². The summed E-state index contributed by atoms with van der Waals surface area (Å²) in [7, 11) is 0. The molecule has 0 radical (unpaired) electrons. The lowest BCUT2D eigenvalue weighted by Crippen LogP contribution is -2.46. The van der Waals surface area contributed by atoms with Gasteiger partial charge in [0.25, 0.3) is 0 Å². The fraction of sp³-hybridized carbons (Fsp3) is 0.556. The molecular weight excluding hydrogens is 338 g/mol. The van der Waals surface area contributed by atoms with E-state index >= 15 is 0 Å². The van der Waals surface area contributed by atoms with Crippen molar-refractivity contribution >= 4 is 11.9 Å². The Labute approximate surface area is 150 Å². The van der Waals surface area contributed by atoms with Gasteiger partial charge < -0.3 is 18.9 Å². The quantitative estimate of drug-likeness (QED) is 0.873. The lowest BCUT2D eigenvalue weighted by molar-refractivity contribution is -0.149. The van der Waals surface area contributed by atoms with Crippen LogP contribution in [0.3, 0.4) is 0 Å². The minimum absolute atomic E-state index is 0.0570. The molecule has 0 aromatic carbocycles. The number of carboxylic acids is 1. The van der Waals surface area contributed by atoms with Gasteiger partial charge in [0.15, 0.2) is 0 Å². The molecule has 8 nitrogen and oxygen atoms in total. The number of aromatic nitrogens is 2. The van der Waals surface area contributed by atoms with E-state index in [1.807, 2.05) is 0 Å². The standard InChI is InChI=1S/C18H21N3O5/c22-16(6-5-15-19-17(20-26-15)12-7-8-25-10-12)21-13-4-2-1-3-11(13)9-14(21)18(23)24/h7-8,10-11,13-14H,1-6,9H2,(H,23,24)/t11-,13+,14-/m0/s1. The van der Waals surface area contributed by atoms with Gasteiger partial charge in [0.05, 0.1) is 11.8 Å². The number of furan rings is 1. The van der Waals surface area contributed by atoms with Gasteiger partial charge in [-0.1, -0.05) is 18.0 Å². The molecule has 138 valence electrons. The molecule has 1 N–H and O–H groups in total. The zero-order valence-corrected chi connectivity index (χ0v) is 14.3. The zero-order valence-electron chi connectivity index (χ0n) is 14.3. The third kappa shape index (κ3) is 3.11. The Balaban J connectivity index is 1.42. The number of carbonyl (C=O) groups is 2. The molecule has 1 saturated carbocycles. The fourth-order valence-electron chi connectivity index (χ4n) is 4.25. The van der Waals surface area contributed by atoms with Gasteiger partial charge in [-0.05, 0) is 31.2 Å². The fourth-order valence-corrected chi connectivity index (χ4v) is 4.25. The van der Waals surface area contributed by atoms with E-state index in [9.17, 15) is 14.7 Å². The number of likely N-dealkylation sites (tertiary alicyclic amines) is 1. The first-order valence-corrected chi connectivity index (χ1v) is 9.02. The number of fused-ring (bicyclic) bond motifs is 1. The summed E-state index contributed by atoms with van der Waals surface area (Å²) >= 11 is 0. The summed E-state index contributed by atoms with van der Waals surface area (Å²) in [6.45, 7) is 0. The molecule has 8 heteroatoms. The number of aryl methyl sites for hydroxylation is 1. The van der Waals surface area contributed by atoms with Crippen LogP contribution in [0.4, 0.5) is 0 Å². The van der Waals surface area contributed by atoms with Crippen molar-refractivity contribution in [2.75, 3.05) is 0 Å². The summed E-state index contributed by atoms with van der Waals surface area (Å²) < 4.78 is 10.2. The van der Waals surface area contributed by atoms with Crippen LogP contribution in [0.2, 0.25) is 0 Å². The third-order valence-corrected chi connectivity index (χ3v) is 5.46. The van der Waals surface area contributed by atoms with Crippen LogP contribution in [0, 0.1) is 5.92 Å². The van der Waals surface area contributed by atoms with Crippen molar-refractivity contribution in [3.05, 3.63) is 24.5 Å². The molecule has 26 heavy (non-hydrogen) atoms. The molecule has 1 amide bonds. The summed E-state index contributed by atoms with van der Waals surface area (Å²) in [5.41, 5.74) is 0.710. The van der Waals surface area contributed by atoms with Gasteiger partial charge in [0.1, 0.15) is 12.3 Å². The van der Waals surface area contributed by atoms with Gasteiger partial charge in [-0.2, -0.15) is 4.98 Å². The normalized spacial score (nSPS) is 25.2. The third-order valence-electron chi connectivity index (χ3n) is 5.46. The van der Waals surface area contributed by atoms with Gasteiger partial charge in [0.2, 0.25) is 17.6 Å². The Morgan fingerprint density at radius 3 is 2.92 bits per heavy atom. The van der Waals surface area contributed by atoms with Gasteiger partial charge in [-0.3, -0.25) is 4.79 Å². The summed E-state index contributed by atoms with van der Waals surface area (Å²) in [5, 5.41) is 13.4. The van der Waals surface area contributed by atoms with E-state index in [-0.39, 0.29) is 18.4 Å². The molecule has 4 rings (SSSR count). The zero-order chi connectivity index (χ0) is 18.1. The molecule has 2 aromatic heterocycles. The van der Waals surface area contributed by atoms with Crippen molar-refractivity contribution in [1.82, 2.24) is 15.0 Å². The second-order valence-corrected chi connectivity index (χ2v) is 7.03. The number of carboxylic acid groups (broad SMARTS) is 1. The maximum atomic E-state index is 12.8. The number of rotatable bonds is 5. The highest BCUT2D eigenvalue weighted by molar-refractivity contribution is 5.84. The molecule has 1 aliphatic carbocycles. The van der Waals surface area contributed by atoms with Crippen LogP contribution in [0.25, 0.3) is 11.4 Å². The van der Waals surface area contributed by atoms with E-state index in [4.69, 9.17) is 8.94 Å². The second-order valence-electron chi connectivity index (χ2n) is 7.03. The summed E-state index contributed by atoms with van der Waals surface area (Å²) in [6.07, 6.45) is 8.14. The number of nitrogens with zero attached hydrogens (tertiary/aromatic N) is 3. The Kier molecular flexibility index (Phi) is 4.48. The molecule has 0 spiro atoms. The van der Waals surface area contributed by atoms with Gasteiger partial charge in [-0.15, -0.1) is 0 Å². The topological polar surface area (TPSA) is 110 Å². The molecule has 3 atom stereocenters. The highest BCUT2D eigenvalue weighted by Gasteiger charge is 2.47. The van der Waals surface area contributed by atoms with Crippen LogP contribution in [-0.2, 0) is 16.0 Å². The predicted octanol–water partition coefficient (Wildman–Crippen LogP) is 2.51. The largest absolute Gasteiger partial charge is 0.480 e. The van der Waals surface area contributed by atoms with Crippen LogP contribution in [-0.4, -0.2) is 44.1 Å². The maximum absolute atomic E-state index is 12.8. The smallest absolute Gasteiger partial charge is 0.326 e. The first kappa shape index (κ1) is 16.8. The number of amides is 1. The van der Waals surface area contributed by atoms with E-state index in [0.29, 0.717) is 36.0 Å². The van der Waals surface area contributed by atoms with Gasteiger partial charge in [-0.25, -0.2) is 4.79 Å².